The average molecular weight is 407 g/mol. The first-order valence-electron chi connectivity index (χ1n) is 8.84. The molecule has 0 saturated heterocycles. The number of carbonyl (C=O) groups excluding carboxylic acids is 1. The van der Waals surface area contributed by atoms with Crippen molar-refractivity contribution in [3.63, 3.8) is 0 Å². The molecule has 0 spiro atoms. The lowest BCUT2D eigenvalue weighted by Gasteiger charge is -2.24. The number of carbonyl (C=O) groups is 1. The first-order valence-corrected chi connectivity index (χ1v) is 10.3. The van der Waals surface area contributed by atoms with Gasteiger partial charge in [-0.15, -0.1) is 0 Å². The van der Waals surface area contributed by atoms with E-state index in [-0.39, 0.29) is 18.0 Å². The van der Waals surface area contributed by atoms with Crippen molar-refractivity contribution in [2.24, 2.45) is 0 Å². The minimum absolute atomic E-state index is 0.0573. The molecule has 0 aliphatic carbocycles. The van der Waals surface area contributed by atoms with Gasteiger partial charge < -0.3 is 14.2 Å². The highest BCUT2D eigenvalue weighted by Gasteiger charge is 2.32. The predicted molar refractivity (Wildman–Crippen MR) is 97.7 cm³/mol. The lowest BCUT2D eigenvalue weighted by molar-refractivity contribution is 0.0239. The molecule has 1 amide bonds. The molecule has 3 heterocycles. The maximum atomic E-state index is 12.9. The number of hydrogen-bond acceptors (Lipinski definition) is 7. The molecular weight excluding hydrogens is 386 g/mol. The number of rotatable bonds is 2. The van der Waals surface area contributed by atoms with E-state index >= 15 is 0 Å². The van der Waals surface area contributed by atoms with Crippen LogP contribution in [0.15, 0.2) is 29.3 Å². The molecule has 150 valence electrons. The van der Waals surface area contributed by atoms with E-state index in [4.69, 9.17) is 14.2 Å². The van der Waals surface area contributed by atoms with Gasteiger partial charge in [0.15, 0.2) is 11.5 Å². The maximum Gasteiger partial charge on any atom is 0.410 e. The van der Waals surface area contributed by atoms with Crippen LogP contribution in [0.5, 0.6) is 11.5 Å². The summed E-state index contributed by atoms with van der Waals surface area (Å²) in [5.74, 6) is 0.907. The SMILES string of the molecule is CC(C)(C)OC(=O)N1Cc2cn(S(=O)(=O)c3ccc4c(c3)OCCO4)nc2C1. The van der Waals surface area contributed by atoms with E-state index in [0.29, 0.717) is 36.0 Å². The van der Waals surface area contributed by atoms with Crippen LogP contribution in [0.1, 0.15) is 32.0 Å². The zero-order valence-electron chi connectivity index (χ0n) is 15.8. The van der Waals surface area contributed by atoms with Crippen LogP contribution < -0.4 is 9.47 Å². The van der Waals surface area contributed by atoms with Crippen molar-refractivity contribution < 1.29 is 27.4 Å². The highest BCUT2D eigenvalue weighted by molar-refractivity contribution is 7.89. The highest BCUT2D eigenvalue weighted by atomic mass is 32.2. The Kier molecular flexibility index (Phi) is 4.25. The molecule has 2 aromatic rings. The van der Waals surface area contributed by atoms with Gasteiger partial charge in [0.2, 0.25) is 0 Å². The normalized spacial score (nSPS) is 16.0. The summed E-state index contributed by atoms with van der Waals surface area (Å²) in [4.78, 5) is 13.7. The second kappa shape index (κ2) is 6.40. The summed E-state index contributed by atoms with van der Waals surface area (Å²) >= 11 is 0. The lowest BCUT2D eigenvalue weighted by atomic mass is 10.2. The Labute approximate surface area is 162 Å². The lowest BCUT2D eigenvalue weighted by Crippen LogP contribution is -2.33. The second-order valence-electron chi connectivity index (χ2n) is 7.62. The summed E-state index contributed by atoms with van der Waals surface area (Å²) in [5.41, 5.74) is 0.609. The van der Waals surface area contributed by atoms with Gasteiger partial charge in [-0.2, -0.15) is 17.6 Å². The van der Waals surface area contributed by atoms with Crippen molar-refractivity contribution in [1.82, 2.24) is 14.1 Å². The quantitative estimate of drug-likeness (QED) is 0.752. The van der Waals surface area contributed by atoms with Crippen LogP contribution in [0.25, 0.3) is 0 Å². The summed E-state index contributed by atoms with van der Waals surface area (Å²) in [6.07, 6.45) is 0.984. The maximum absolute atomic E-state index is 12.9. The van der Waals surface area contributed by atoms with Crippen molar-refractivity contribution in [2.75, 3.05) is 13.2 Å². The number of benzene rings is 1. The summed E-state index contributed by atoms with van der Waals surface area (Å²) in [5, 5.41) is 4.19. The number of nitrogens with zero attached hydrogens (tertiary/aromatic N) is 3. The zero-order valence-corrected chi connectivity index (χ0v) is 16.7. The van der Waals surface area contributed by atoms with E-state index in [0.717, 1.165) is 4.09 Å². The molecule has 28 heavy (non-hydrogen) atoms. The molecule has 0 N–H and O–H groups in total. The van der Waals surface area contributed by atoms with Gasteiger partial charge in [0, 0.05) is 17.8 Å². The second-order valence-corrected chi connectivity index (χ2v) is 9.42. The van der Waals surface area contributed by atoms with Crippen LogP contribution in [-0.2, 0) is 27.8 Å². The fourth-order valence-electron chi connectivity index (χ4n) is 3.00. The molecule has 0 saturated carbocycles. The molecule has 2 aliphatic rings. The number of aromatic nitrogens is 2. The molecule has 2 aliphatic heterocycles. The van der Waals surface area contributed by atoms with Gasteiger partial charge in [-0.3, -0.25) is 4.90 Å². The van der Waals surface area contributed by atoms with E-state index in [1.165, 1.54) is 23.2 Å². The Morgan fingerprint density at radius 1 is 1.14 bits per heavy atom. The summed E-state index contributed by atoms with van der Waals surface area (Å²) in [7, 11) is -3.88. The van der Waals surface area contributed by atoms with Crippen molar-refractivity contribution in [3.8, 4) is 11.5 Å². The monoisotopic (exact) mass is 407 g/mol. The fourth-order valence-corrected chi connectivity index (χ4v) is 4.18. The number of amides is 1. The Balaban J connectivity index is 1.55. The van der Waals surface area contributed by atoms with Gasteiger partial charge >= 0.3 is 6.09 Å². The fraction of sp³-hybridized carbons (Fsp3) is 0.444. The third kappa shape index (κ3) is 3.39. The van der Waals surface area contributed by atoms with E-state index < -0.39 is 21.7 Å². The Morgan fingerprint density at radius 2 is 1.86 bits per heavy atom. The van der Waals surface area contributed by atoms with Gasteiger partial charge in [0.1, 0.15) is 18.8 Å². The van der Waals surface area contributed by atoms with Crippen molar-refractivity contribution >= 4 is 16.1 Å². The summed E-state index contributed by atoms with van der Waals surface area (Å²) < 4.78 is 43.0. The van der Waals surface area contributed by atoms with E-state index in [1.54, 1.807) is 26.8 Å². The Morgan fingerprint density at radius 3 is 2.54 bits per heavy atom. The molecule has 10 heteroatoms. The average Bonchev–Trinajstić information content (AvgIpc) is 3.19. The molecule has 0 atom stereocenters. The molecular formula is C18H21N3O6S. The molecule has 0 unspecified atom stereocenters. The van der Waals surface area contributed by atoms with Gasteiger partial charge in [-0.25, -0.2) is 4.79 Å². The van der Waals surface area contributed by atoms with Gasteiger partial charge in [-0.1, -0.05) is 0 Å². The standard InChI is InChI=1S/C18H21N3O6S/c1-18(2,3)27-17(22)20-9-12-10-21(19-14(12)11-20)28(23,24)13-4-5-15-16(8-13)26-7-6-25-15/h4-5,8,10H,6-7,9,11H2,1-3H3. The molecule has 0 fully saturated rings. The first kappa shape index (κ1) is 18.6. The largest absolute Gasteiger partial charge is 0.486 e. The first-order chi connectivity index (χ1) is 13.1. The number of fused-ring (bicyclic) bond motifs is 2. The smallest absolute Gasteiger partial charge is 0.410 e. The number of ether oxygens (including phenoxy) is 3. The van der Waals surface area contributed by atoms with Crippen LogP contribution in [0, 0.1) is 0 Å². The predicted octanol–water partition coefficient (Wildman–Crippen LogP) is 2.14. The van der Waals surface area contributed by atoms with E-state index in [2.05, 4.69) is 5.10 Å². The Bertz CT molecular complexity index is 1010. The van der Waals surface area contributed by atoms with Crippen molar-refractivity contribution in [2.45, 2.75) is 44.4 Å². The third-order valence-corrected chi connectivity index (χ3v) is 5.80. The van der Waals surface area contributed by atoms with Crippen LogP contribution >= 0.6 is 0 Å². The topological polar surface area (TPSA) is 100.0 Å². The van der Waals surface area contributed by atoms with Gasteiger partial charge in [0.05, 0.1) is 23.7 Å². The molecule has 1 aromatic heterocycles. The molecule has 1 aromatic carbocycles. The van der Waals surface area contributed by atoms with Crippen LogP contribution in [0.4, 0.5) is 4.79 Å². The van der Waals surface area contributed by atoms with Crippen molar-refractivity contribution in [1.29, 1.82) is 0 Å². The van der Waals surface area contributed by atoms with E-state index in [1.807, 2.05) is 0 Å². The van der Waals surface area contributed by atoms with Gasteiger partial charge in [-0.05, 0) is 32.9 Å². The Hall–Kier alpha value is -2.75. The minimum Gasteiger partial charge on any atom is -0.486 e. The number of hydrogen-bond donors (Lipinski definition) is 0. The van der Waals surface area contributed by atoms with Crippen LogP contribution in [0.2, 0.25) is 0 Å². The minimum atomic E-state index is -3.88. The molecule has 4 rings (SSSR count). The van der Waals surface area contributed by atoms with Crippen LogP contribution in [-0.4, -0.2) is 47.4 Å². The third-order valence-electron chi connectivity index (χ3n) is 4.27. The van der Waals surface area contributed by atoms with Gasteiger partial charge in [0.25, 0.3) is 10.0 Å². The van der Waals surface area contributed by atoms with E-state index in [9.17, 15) is 13.2 Å². The summed E-state index contributed by atoms with van der Waals surface area (Å²) in [6, 6.07) is 4.47. The molecule has 9 nitrogen and oxygen atoms in total. The zero-order chi connectivity index (χ0) is 20.1. The summed E-state index contributed by atoms with van der Waals surface area (Å²) in [6.45, 7) is 6.63. The molecule has 0 bridgehead atoms. The molecule has 0 radical (unpaired) electrons. The van der Waals surface area contributed by atoms with Crippen molar-refractivity contribution in [3.05, 3.63) is 35.7 Å². The highest BCUT2D eigenvalue weighted by Crippen LogP contribution is 2.33. The van der Waals surface area contributed by atoms with Crippen LogP contribution in [0.3, 0.4) is 0 Å².